The van der Waals surface area contributed by atoms with Crippen molar-refractivity contribution in [1.29, 1.82) is 0 Å². The fourth-order valence-corrected chi connectivity index (χ4v) is 4.80. The number of nitrogens with zero attached hydrogens (tertiary/aromatic N) is 3. The van der Waals surface area contributed by atoms with Crippen molar-refractivity contribution in [3.05, 3.63) is 59.6 Å². The highest BCUT2D eigenvalue weighted by Crippen LogP contribution is 2.23. The largest absolute Gasteiger partial charge is 0.497 e. The van der Waals surface area contributed by atoms with E-state index in [1.165, 1.54) is 30.6 Å². The molecule has 10 heteroatoms. The Labute approximate surface area is 178 Å². The van der Waals surface area contributed by atoms with Crippen molar-refractivity contribution in [1.82, 2.24) is 19.3 Å². The summed E-state index contributed by atoms with van der Waals surface area (Å²) >= 11 is 1.47. The third-order valence-electron chi connectivity index (χ3n) is 4.54. The van der Waals surface area contributed by atoms with E-state index in [2.05, 4.69) is 14.8 Å². The smallest absolute Gasteiger partial charge is 0.240 e. The lowest BCUT2D eigenvalue weighted by Gasteiger charge is -2.07. The Kier molecular flexibility index (Phi) is 5.71. The highest BCUT2D eigenvalue weighted by Gasteiger charge is 2.15. The van der Waals surface area contributed by atoms with Crippen LogP contribution in [-0.2, 0) is 16.4 Å². The Hall–Kier alpha value is -2.95. The number of methoxy groups -OCH3 is 2. The topological polar surface area (TPSA) is 94.8 Å². The van der Waals surface area contributed by atoms with Gasteiger partial charge in [-0.15, -0.1) is 16.4 Å². The fourth-order valence-electron chi connectivity index (χ4n) is 2.91. The summed E-state index contributed by atoms with van der Waals surface area (Å²) in [6, 6.07) is 13.8. The molecule has 0 aliphatic rings. The van der Waals surface area contributed by atoms with Crippen molar-refractivity contribution >= 4 is 26.3 Å². The Morgan fingerprint density at radius 3 is 2.27 bits per heavy atom. The van der Waals surface area contributed by atoms with Gasteiger partial charge in [-0.3, -0.25) is 0 Å². The van der Waals surface area contributed by atoms with E-state index in [1.807, 2.05) is 29.6 Å². The molecule has 1 N–H and O–H groups in total. The summed E-state index contributed by atoms with van der Waals surface area (Å²) in [5.41, 5.74) is 1.78. The number of fused-ring (bicyclic) bond motifs is 1. The van der Waals surface area contributed by atoms with Crippen molar-refractivity contribution in [3.63, 3.8) is 0 Å². The van der Waals surface area contributed by atoms with Crippen molar-refractivity contribution < 1.29 is 17.9 Å². The molecule has 4 rings (SSSR count). The van der Waals surface area contributed by atoms with Gasteiger partial charge in [0.15, 0.2) is 5.82 Å². The van der Waals surface area contributed by atoms with Crippen LogP contribution < -0.4 is 14.2 Å². The summed E-state index contributed by atoms with van der Waals surface area (Å²) in [6.45, 7) is 0.248. The van der Waals surface area contributed by atoms with Crippen LogP contribution in [0.2, 0.25) is 0 Å². The average Bonchev–Trinajstić information content (AvgIpc) is 3.35. The standard InChI is InChI=1S/C20H20N4O4S2/c1-27-16-5-3-14(4-6-16)19-22-20-24(23-19)15(13-29-20)11-12-21-30(25,26)18-9-7-17(28-2)8-10-18/h3-10,13,21H,11-12H2,1-2H3. The molecule has 0 aliphatic heterocycles. The van der Waals surface area contributed by atoms with Gasteiger partial charge in [0.05, 0.1) is 24.8 Å². The van der Waals surface area contributed by atoms with Crippen LogP contribution in [0, 0.1) is 0 Å². The summed E-state index contributed by atoms with van der Waals surface area (Å²) < 4.78 is 39.6. The zero-order valence-electron chi connectivity index (χ0n) is 16.4. The van der Waals surface area contributed by atoms with E-state index in [4.69, 9.17) is 9.47 Å². The van der Waals surface area contributed by atoms with Gasteiger partial charge in [-0.2, -0.15) is 4.98 Å². The van der Waals surface area contributed by atoms with Gasteiger partial charge in [0.2, 0.25) is 15.0 Å². The summed E-state index contributed by atoms with van der Waals surface area (Å²) in [5, 5.41) is 6.51. The van der Waals surface area contributed by atoms with Crippen LogP contribution in [0.3, 0.4) is 0 Å². The SMILES string of the molecule is COc1ccc(-c2nc3scc(CCNS(=O)(=O)c4ccc(OC)cc4)n3n2)cc1. The summed E-state index contributed by atoms with van der Waals surface area (Å²) in [6.07, 6.45) is 0.487. The van der Waals surface area contributed by atoms with Crippen LogP contribution in [-0.4, -0.2) is 43.8 Å². The molecule has 2 heterocycles. The Morgan fingerprint density at radius 2 is 1.63 bits per heavy atom. The summed E-state index contributed by atoms with van der Waals surface area (Å²) in [7, 11) is -0.440. The zero-order chi connectivity index (χ0) is 21.1. The molecule has 0 radical (unpaired) electrons. The van der Waals surface area contributed by atoms with Gasteiger partial charge in [0.25, 0.3) is 0 Å². The van der Waals surface area contributed by atoms with Gasteiger partial charge in [-0.05, 0) is 48.5 Å². The maximum atomic E-state index is 12.5. The molecular formula is C20H20N4O4S2. The number of sulfonamides is 1. The predicted octanol–water partition coefficient (Wildman–Crippen LogP) is 3.00. The lowest BCUT2D eigenvalue weighted by atomic mass is 10.2. The lowest BCUT2D eigenvalue weighted by Crippen LogP contribution is -2.26. The van der Waals surface area contributed by atoms with Crippen molar-refractivity contribution in [2.24, 2.45) is 0 Å². The number of rotatable bonds is 8. The molecule has 0 aliphatic carbocycles. The predicted molar refractivity (Wildman–Crippen MR) is 115 cm³/mol. The van der Waals surface area contributed by atoms with Crippen LogP contribution in [0.1, 0.15) is 5.69 Å². The minimum Gasteiger partial charge on any atom is -0.497 e. The first-order chi connectivity index (χ1) is 14.5. The molecule has 2 aromatic carbocycles. The van der Waals surface area contributed by atoms with Gasteiger partial charge in [-0.25, -0.2) is 17.7 Å². The van der Waals surface area contributed by atoms with Crippen molar-refractivity contribution in [2.45, 2.75) is 11.3 Å². The van der Waals surface area contributed by atoms with Gasteiger partial charge >= 0.3 is 0 Å². The summed E-state index contributed by atoms with van der Waals surface area (Å²) in [5.74, 6) is 1.99. The van der Waals surface area contributed by atoms with Crippen molar-refractivity contribution in [2.75, 3.05) is 20.8 Å². The van der Waals surface area contributed by atoms with E-state index >= 15 is 0 Å². The average molecular weight is 445 g/mol. The van der Waals surface area contributed by atoms with Crippen LogP contribution in [0.4, 0.5) is 0 Å². The van der Waals surface area contributed by atoms with E-state index in [0.717, 1.165) is 22.0 Å². The normalized spacial score (nSPS) is 11.7. The molecule has 0 atom stereocenters. The molecule has 0 saturated carbocycles. The Balaban J connectivity index is 1.45. The first-order valence-electron chi connectivity index (χ1n) is 9.11. The van der Waals surface area contributed by atoms with E-state index in [9.17, 15) is 8.42 Å². The van der Waals surface area contributed by atoms with Crippen LogP contribution in [0.5, 0.6) is 11.5 Å². The molecule has 0 saturated heterocycles. The first kappa shape index (κ1) is 20.3. The number of benzene rings is 2. The molecule has 0 unspecified atom stereocenters. The fraction of sp³-hybridized carbons (Fsp3) is 0.200. The molecular weight excluding hydrogens is 424 g/mol. The number of hydrogen-bond donors (Lipinski definition) is 1. The van der Waals surface area contributed by atoms with Crippen LogP contribution >= 0.6 is 11.3 Å². The van der Waals surface area contributed by atoms with Gasteiger partial charge in [0.1, 0.15) is 11.5 Å². The third-order valence-corrected chi connectivity index (χ3v) is 6.88. The number of nitrogens with one attached hydrogen (secondary N) is 1. The second-order valence-corrected chi connectivity index (χ2v) is 9.01. The van der Waals surface area contributed by atoms with Gasteiger partial charge in [-0.1, -0.05) is 0 Å². The highest BCUT2D eigenvalue weighted by atomic mass is 32.2. The highest BCUT2D eigenvalue weighted by molar-refractivity contribution is 7.89. The number of ether oxygens (including phenoxy) is 2. The number of hydrogen-bond acceptors (Lipinski definition) is 7. The maximum absolute atomic E-state index is 12.5. The second kappa shape index (κ2) is 8.42. The van der Waals surface area contributed by atoms with Gasteiger partial charge < -0.3 is 9.47 Å². The number of aromatic nitrogens is 3. The van der Waals surface area contributed by atoms with E-state index in [1.54, 1.807) is 23.8 Å². The van der Waals surface area contributed by atoms with Crippen LogP contribution in [0.25, 0.3) is 16.3 Å². The molecule has 0 bridgehead atoms. The first-order valence-corrected chi connectivity index (χ1v) is 11.5. The van der Waals surface area contributed by atoms with E-state index < -0.39 is 10.0 Å². The van der Waals surface area contributed by atoms with Crippen molar-refractivity contribution in [3.8, 4) is 22.9 Å². The number of thiazole rings is 1. The van der Waals surface area contributed by atoms with E-state index in [-0.39, 0.29) is 11.4 Å². The minimum atomic E-state index is -3.60. The molecule has 0 spiro atoms. The molecule has 0 fully saturated rings. The van der Waals surface area contributed by atoms with Gasteiger partial charge in [0, 0.05) is 23.9 Å². The maximum Gasteiger partial charge on any atom is 0.240 e. The second-order valence-electron chi connectivity index (χ2n) is 6.41. The molecule has 30 heavy (non-hydrogen) atoms. The Bertz CT molecular complexity index is 1250. The Morgan fingerprint density at radius 1 is 1.00 bits per heavy atom. The molecule has 4 aromatic rings. The molecule has 0 amide bonds. The lowest BCUT2D eigenvalue weighted by molar-refractivity contribution is 0.414. The quantitative estimate of drug-likeness (QED) is 0.449. The molecule has 2 aromatic heterocycles. The zero-order valence-corrected chi connectivity index (χ0v) is 18.0. The third kappa shape index (κ3) is 4.16. The summed E-state index contributed by atoms with van der Waals surface area (Å²) in [4.78, 5) is 5.51. The minimum absolute atomic E-state index is 0.196. The monoisotopic (exact) mass is 444 g/mol. The molecule has 8 nitrogen and oxygen atoms in total. The molecule has 156 valence electrons. The van der Waals surface area contributed by atoms with Crippen LogP contribution in [0.15, 0.2) is 58.8 Å². The van der Waals surface area contributed by atoms with E-state index in [0.29, 0.717) is 18.0 Å².